The van der Waals surface area contributed by atoms with Crippen LogP contribution >= 0.6 is 11.8 Å². The van der Waals surface area contributed by atoms with E-state index in [1.165, 1.54) is 6.20 Å². The van der Waals surface area contributed by atoms with E-state index in [4.69, 9.17) is 11.5 Å². The molecule has 0 saturated heterocycles. The minimum atomic E-state index is -1.79. The van der Waals surface area contributed by atoms with Gasteiger partial charge in [0.1, 0.15) is 0 Å². The molecule has 2 aromatic rings. The Bertz CT molecular complexity index is 742. The lowest BCUT2D eigenvalue weighted by Crippen LogP contribution is -2.43. The maximum Gasteiger partial charge on any atom is 0.317 e. The molecule has 4 N–H and O–H groups in total. The summed E-state index contributed by atoms with van der Waals surface area (Å²) in [6.45, 7) is 0. The SMILES string of the molecule is NC(=O)C(OC(=O)CSc1nccc(-c2ccccn2)n1)C(N)=O. The van der Waals surface area contributed by atoms with E-state index in [2.05, 4.69) is 19.7 Å². The predicted molar refractivity (Wildman–Crippen MR) is 84.3 cm³/mol. The summed E-state index contributed by atoms with van der Waals surface area (Å²) in [6, 6.07) is 7.07. The molecule has 0 fully saturated rings. The number of pyridine rings is 1. The number of nitrogens with zero attached hydrogens (tertiary/aromatic N) is 3. The molecule has 2 heterocycles. The summed E-state index contributed by atoms with van der Waals surface area (Å²) >= 11 is 0.974. The molecule has 0 atom stereocenters. The molecule has 0 aliphatic carbocycles. The van der Waals surface area contributed by atoms with Gasteiger partial charge in [0.2, 0.25) is 0 Å². The maximum atomic E-state index is 11.7. The second-order valence-corrected chi connectivity index (χ2v) is 5.35. The zero-order valence-electron chi connectivity index (χ0n) is 12.3. The van der Waals surface area contributed by atoms with Gasteiger partial charge in [0, 0.05) is 12.4 Å². The number of rotatable bonds is 7. The fourth-order valence-corrected chi connectivity index (χ4v) is 2.23. The largest absolute Gasteiger partial charge is 0.441 e. The first-order chi connectivity index (χ1) is 11.5. The highest BCUT2D eigenvalue weighted by Crippen LogP contribution is 2.18. The number of hydrogen-bond acceptors (Lipinski definition) is 8. The number of nitrogens with two attached hydrogens (primary N) is 2. The third-order valence-electron chi connectivity index (χ3n) is 2.65. The molecular weight excluding hydrogens is 334 g/mol. The Kier molecular flexibility index (Phi) is 5.79. The second kappa shape index (κ2) is 8.02. The maximum absolute atomic E-state index is 11.7. The molecule has 0 aromatic carbocycles. The molecule has 0 spiro atoms. The highest BCUT2D eigenvalue weighted by Gasteiger charge is 2.26. The number of thioether (sulfide) groups is 1. The van der Waals surface area contributed by atoms with Crippen molar-refractivity contribution in [3.05, 3.63) is 36.7 Å². The standard InChI is InChI=1S/C14H13N5O4S/c15-12(21)11(13(16)22)23-10(20)7-24-14-18-6-4-9(19-14)8-3-1-2-5-17-8/h1-6,11H,7H2,(H2,15,21)(H2,16,22). The quantitative estimate of drug-likeness (QED) is 0.295. The van der Waals surface area contributed by atoms with Crippen molar-refractivity contribution in [2.24, 2.45) is 11.5 Å². The van der Waals surface area contributed by atoms with Gasteiger partial charge in [-0.25, -0.2) is 9.97 Å². The molecule has 2 amide bonds. The Morgan fingerprint density at radius 3 is 2.42 bits per heavy atom. The van der Waals surface area contributed by atoms with E-state index in [1.54, 1.807) is 24.4 Å². The normalized spacial score (nSPS) is 10.4. The fraction of sp³-hybridized carbons (Fsp3) is 0.143. The highest BCUT2D eigenvalue weighted by molar-refractivity contribution is 7.99. The topological polar surface area (TPSA) is 151 Å². The van der Waals surface area contributed by atoms with E-state index in [-0.39, 0.29) is 5.75 Å². The number of aromatic nitrogens is 3. The van der Waals surface area contributed by atoms with Crippen LogP contribution < -0.4 is 11.5 Å². The zero-order chi connectivity index (χ0) is 17.5. The molecule has 0 bridgehead atoms. The number of primary amides is 2. The molecule has 0 aliphatic rings. The molecule has 124 valence electrons. The van der Waals surface area contributed by atoms with Gasteiger partial charge in [-0.1, -0.05) is 17.8 Å². The summed E-state index contributed by atoms with van der Waals surface area (Å²) in [6.07, 6.45) is 1.37. The third kappa shape index (κ3) is 4.74. The highest BCUT2D eigenvalue weighted by atomic mass is 32.2. The molecule has 2 rings (SSSR count). The van der Waals surface area contributed by atoms with Crippen LogP contribution in [0.3, 0.4) is 0 Å². The number of esters is 1. The molecular formula is C14H13N5O4S. The van der Waals surface area contributed by atoms with Gasteiger partial charge in [0.15, 0.2) is 5.16 Å². The van der Waals surface area contributed by atoms with Crippen LogP contribution in [0.2, 0.25) is 0 Å². The molecule has 9 nitrogen and oxygen atoms in total. The summed E-state index contributed by atoms with van der Waals surface area (Å²) in [5, 5.41) is 0.310. The summed E-state index contributed by atoms with van der Waals surface area (Å²) < 4.78 is 4.63. The van der Waals surface area contributed by atoms with Gasteiger partial charge < -0.3 is 16.2 Å². The van der Waals surface area contributed by atoms with E-state index in [0.29, 0.717) is 16.5 Å². The number of amides is 2. The van der Waals surface area contributed by atoms with Crippen molar-refractivity contribution in [1.29, 1.82) is 0 Å². The molecule has 0 saturated carbocycles. The first-order valence-corrected chi connectivity index (χ1v) is 7.61. The van der Waals surface area contributed by atoms with Gasteiger partial charge in [-0.3, -0.25) is 19.4 Å². The molecule has 24 heavy (non-hydrogen) atoms. The zero-order valence-corrected chi connectivity index (χ0v) is 13.1. The first-order valence-electron chi connectivity index (χ1n) is 6.62. The average Bonchev–Trinajstić information content (AvgIpc) is 2.58. The van der Waals surface area contributed by atoms with E-state index in [0.717, 1.165) is 11.8 Å². The Balaban J connectivity index is 1.98. The Morgan fingerprint density at radius 1 is 1.04 bits per heavy atom. The summed E-state index contributed by atoms with van der Waals surface area (Å²) in [5.74, 6) is -3.32. The summed E-state index contributed by atoms with van der Waals surface area (Å²) in [4.78, 5) is 46.0. The Labute approximate surface area is 140 Å². The minimum absolute atomic E-state index is 0.220. The van der Waals surface area contributed by atoms with Crippen LogP contribution in [0.5, 0.6) is 0 Å². The lowest BCUT2D eigenvalue weighted by Gasteiger charge is -2.10. The summed E-state index contributed by atoms with van der Waals surface area (Å²) in [5.41, 5.74) is 11.1. The summed E-state index contributed by atoms with van der Waals surface area (Å²) in [7, 11) is 0. The van der Waals surface area contributed by atoms with Crippen LogP contribution in [0.4, 0.5) is 0 Å². The first kappa shape index (κ1) is 17.3. The van der Waals surface area contributed by atoms with Crippen molar-refractivity contribution in [3.63, 3.8) is 0 Å². The molecule has 0 unspecified atom stereocenters. The van der Waals surface area contributed by atoms with Crippen LogP contribution in [-0.4, -0.2) is 44.6 Å². The fourth-order valence-electron chi connectivity index (χ4n) is 1.61. The van der Waals surface area contributed by atoms with Crippen molar-refractivity contribution >= 4 is 29.5 Å². The van der Waals surface area contributed by atoms with Gasteiger partial charge in [-0.2, -0.15) is 0 Å². The van der Waals surface area contributed by atoms with Gasteiger partial charge >= 0.3 is 5.97 Å². The number of carbonyl (C=O) groups excluding carboxylic acids is 3. The van der Waals surface area contributed by atoms with Crippen molar-refractivity contribution in [1.82, 2.24) is 15.0 Å². The van der Waals surface area contributed by atoms with Crippen LogP contribution in [0.1, 0.15) is 0 Å². The van der Waals surface area contributed by atoms with Crippen molar-refractivity contribution in [2.75, 3.05) is 5.75 Å². The van der Waals surface area contributed by atoms with Gasteiger partial charge in [0.05, 0.1) is 17.1 Å². The number of hydrogen-bond donors (Lipinski definition) is 2. The smallest absolute Gasteiger partial charge is 0.317 e. The number of ether oxygens (including phenoxy) is 1. The molecule has 0 aliphatic heterocycles. The van der Waals surface area contributed by atoms with Gasteiger partial charge in [-0.15, -0.1) is 0 Å². The van der Waals surface area contributed by atoms with Crippen LogP contribution in [0, 0.1) is 0 Å². The van der Waals surface area contributed by atoms with E-state index in [1.807, 2.05) is 6.07 Å². The lowest BCUT2D eigenvalue weighted by molar-refractivity contribution is -0.157. The Morgan fingerprint density at radius 2 is 1.79 bits per heavy atom. The van der Waals surface area contributed by atoms with Crippen LogP contribution in [0.15, 0.2) is 41.8 Å². The predicted octanol–water partition coefficient (Wildman–Crippen LogP) is -0.487. The number of carbonyl (C=O) groups is 3. The van der Waals surface area contributed by atoms with Gasteiger partial charge in [0.25, 0.3) is 17.9 Å². The van der Waals surface area contributed by atoms with E-state index < -0.39 is 23.9 Å². The molecule has 10 heteroatoms. The third-order valence-corrected chi connectivity index (χ3v) is 3.48. The van der Waals surface area contributed by atoms with Crippen LogP contribution in [0.25, 0.3) is 11.4 Å². The molecule has 0 radical (unpaired) electrons. The van der Waals surface area contributed by atoms with Gasteiger partial charge in [-0.05, 0) is 18.2 Å². The lowest BCUT2D eigenvalue weighted by atomic mass is 10.3. The Hall–Kier alpha value is -3.01. The monoisotopic (exact) mass is 347 g/mol. The molecule has 2 aromatic heterocycles. The average molecular weight is 347 g/mol. The second-order valence-electron chi connectivity index (χ2n) is 4.40. The van der Waals surface area contributed by atoms with Crippen molar-refractivity contribution < 1.29 is 19.1 Å². The van der Waals surface area contributed by atoms with E-state index in [9.17, 15) is 14.4 Å². The van der Waals surface area contributed by atoms with Crippen LogP contribution in [-0.2, 0) is 19.1 Å². The van der Waals surface area contributed by atoms with E-state index >= 15 is 0 Å². The van der Waals surface area contributed by atoms with Crippen molar-refractivity contribution in [2.45, 2.75) is 11.3 Å². The minimum Gasteiger partial charge on any atom is -0.441 e. The van der Waals surface area contributed by atoms with Crippen molar-refractivity contribution in [3.8, 4) is 11.4 Å².